The largest absolute Gasteiger partial charge is 0.368 e. The zero-order chi connectivity index (χ0) is 11.6. The standard InChI is InChI=1S/C9H19N3O2/c1-8(2,9(3,4)11)7(14)12-5-6(10)13/h5,11H2,1-4H3,(H2,10,13)(H,12,14). The normalized spacial score (nSPS) is 12.4. The van der Waals surface area contributed by atoms with Gasteiger partial charge < -0.3 is 16.8 Å². The number of hydrogen-bond donors (Lipinski definition) is 3. The van der Waals surface area contributed by atoms with Crippen molar-refractivity contribution in [2.24, 2.45) is 16.9 Å². The van der Waals surface area contributed by atoms with Crippen molar-refractivity contribution in [1.82, 2.24) is 5.32 Å². The molecule has 0 saturated carbocycles. The van der Waals surface area contributed by atoms with Gasteiger partial charge in [0, 0.05) is 5.54 Å². The van der Waals surface area contributed by atoms with E-state index in [4.69, 9.17) is 11.5 Å². The second-order valence-corrected chi connectivity index (χ2v) is 4.50. The third-order valence-electron chi connectivity index (χ3n) is 2.60. The summed E-state index contributed by atoms with van der Waals surface area (Å²) in [5, 5.41) is 2.44. The summed E-state index contributed by atoms with van der Waals surface area (Å²) in [5.41, 5.74) is 9.35. The van der Waals surface area contributed by atoms with Crippen LogP contribution in [0.4, 0.5) is 0 Å². The maximum absolute atomic E-state index is 11.6. The molecule has 0 aliphatic heterocycles. The lowest BCUT2D eigenvalue weighted by Gasteiger charge is -2.36. The molecule has 0 unspecified atom stereocenters. The molecule has 0 saturated heterocycles. The Bertz CT molecular complexity index is 241. The van der Waals surface area contributed by atoms with Crippen molar-refractivity contribution >= 4 is 11.8 Å². The van der Waals surface area contributed by atoms with Crippen LogP contribution in [-0.4, -0.2) is 23.9 Å². The lowest BCUT2D eigenvalue weighted by molar-refractivity contribution is -0.133. The van der Waals surface area contributed by atoms with Gasteiger partial charge in [0.05, 0.1) is 12.0 Å². The molecule has 2 amide bonds. The molecule has 5 heteroatoms. The van der Waals surface area contributed by atoms with Crippen molar-refractivity contribution in [3.8, 4) is 0 Å². The van der Waals surface area contributed by atoms with Crippen LogP contribution >= 0.6 is 0 Å². The maximum Gasteiger partial charge on any atom is 0.236 e. The zero-order valence-electron chi connectivity index (χ0n) is 9.18. The molecule has 0 aromatic heterocycles. The van der Waals surface area contributed by atoms with E-state index in [1.165, 1.54) is 0 Å². The van der Waals surface area contributed by atoms with Gasteiger partial charge in [0.2, 0.25) is 11.8 Å². The van der Waals surface area contributed by atoms with Crippen LogP contribution in [0.5, 0.6) is 0 Å². The number of nitrogens with two attached hydrogens (primary N) is 2. The summed E-state index contributed by atoms with van der Waals surface area (Å²) in [6, 6.07) is 0. The minimum Gasteiger partial charge on any atom is -0.368 e. The topological polar surface area (TPSA) is 98.2 Å². The first-order valence-electron chi connectivity index (χ1n) is 4.44. The van der Waals surface area contributed by atoms with E-state index in [1.54, 1.807) is 27.7 Å². The van der Waals surface area contributed by atoms with Gasteiger partial charge in [0.15, 0.2) is 0 Å². The van der Waals surface area contributed by atoms with E-state index in [9.17, 15) is 9.59 Å². The van der Waals surface area contributed by atoms with Gasteiger partial charge >= 0.3 is 0 Å². The molecular weight excluding hydrogens is 182 g/mol. The Hall–Kier alpha value is -1.10. The summed E-state index contributed by atoms with van der Waals surface area (Å²) in [6.45, 7) is 6.82. The lowest BCUT2D eigenvalue weighted by atomic mass is 9.74. The quantitative estimate of drug-likeness (QED) is 0.563. The maximum atomic E-state index is 11.6. The third kappa shape index (κ3) is 2.99. The van der Waals surface area contributed by atoms with E-state index in [1.807, 2.05) is 0 Å². The monoisotopic (exact) mass is 201 g/mol. The summed E-state index contributed by atoms with van der Waals surface area (Å²) in [6.07, 6.45) is 0. The summed E-state index contributed by atoms with van der Waals surface area (Å²) >= 11 is 0. The molecule has 0 bridgehead atoms. The van der Waals surface area contributed by atoms with Crippen LogP contribution in [0.25, 0.3) is 0 Å². The Morgan fingerprint density at radius 2 is 1.64 bits per heavy atom. The highest BCUT2D eigenvalue weighted by molar-refractivity contribution is 5.87. The predicted molar refractivity (Wildman–Crippen MR) is 54.3 cm³/mol. The molecule has 0 spiro atoms. The Labute approximate surface area is 84.2 Å². The van der Waals surface area contributed by atoms with Crippen LogP contribution in [0.15, 0.2) is 0 Å². The lowest BCUT2D eigenvalue weighted by Crippen LogP contribution is -2.56. The Morgan fingerprint density at radius 1 is 1.21 bits per heavy atom. The summed E-state index contributed by atoms with van der Waals surface area (Å²) < 4.78 is 0. The minimum atomic E-state index is -0.748. The molecule has 0 aromatic rings. The summed E-state index contributed by atoms with van der Waals surface area (Å²) in [7, 11) is 0. The molecular formula is C9H19N3O2. The molecule has 5 N–H and O–H groups in total. The molecule has 0 aromatic carbocycles. The Kier molecular flexibility index (Phi) is 3.65. The first-order chi connectivity index (χ1) is 6.09. The van der Waals surface area contributed by atoms with Crippen molar-refractivity contribution < 1.29 is 9.59 Å². The molecule has 82 valence electrons. The average molecular weight is 201 g/mol. The van der Waals surface area contributed by atoms with E-state index in [0.717, 1.165) is 0 Å². The van der Waals surface area contributed by atoms with Crippen LogP contribution in [0.3, 0.4) is 0 Å². The van der Waals surface area contributed by atoms with Crippen LogP contribution in [0.2, 0.25) is 0 Å². The SMILES string of the molecule is CC(C)(N)C(C)(C)C(=O)NCC(N)=O. The van der Waals surface area contributed by atoms with E-state index < -0.39 is 16.9 Å². The van der Waals surface area contributed by atoms with Crippen molar-refractivity contribution in [2.75, 3.05) is 6.54 Å². The van der Waals surface area contributed by atoms with Gasteiger partial charge in [-0.1, -0.05) is 0 Å². The second kappa shape index (κ2) is 3.96. The first kappa shape index (κ1) is 12.9. The molecule has 0 heterocycles. The molecule has 0 atom stereocenters. The molecule has 0 rings (SSSR count). The van der Waals surface area contributed by atoms with E-state index in [-0.39, 0.29) is 12.5 Å². The van der Waals surface area contributed by atoms with Gasteiger partial charge in [-0.3, -0.25) is 9.59 Å². The highest BCUT2D eigenvalue weighted by Gasteiger charge is 2.40. The van der Waals surface area contributed by atoms with Gasteiger partial charge in [-0.05, 0) is 27.7 Å². The average Bonchev–Trinajstić information content (AvgIpc) is 1.97. The fourth-order valence-electron chi connectivity index (χ4n) is 0.681. The predicted octanol–water partition coefficient (Wildman–Crippen LogP) is -0.649. The number of hydrogen-bond acceptors (Lipinski definition) is 3. The van der Waals surface area contributed by atoms with Crippen molar-refractivity contribution in [1.29, 1.82) is 0 Å². The van der Waals surface area contributed by atoms with Crippen LogP contribution < -0.4 is 16.8 Å². The Morgan fingerprint density at radius 3 is 1.93 bits per heavy atom. The highest BCUT2D eigenvalue weighted by Crippen LogP contribution is 2.27. The van der Waals surface area contributed by atoms with E-state index >= 15 is 0 Å². The minimum absolute atomic E-state index is 0.154. The van der Waals surface area contributed by atoms with Crippen molar-refractivity contribution in [3.63, 3.8) is 0 Å². The highest BCUT2D eigenvalue weighted by atomic mass is 16.2. The van der Waals surface area contributed by atoms with Crippen LogP contribution in [-0.2, 0) is 9.59 Å². The van der Waals surface area contributed by atoms with Gasteiger partial charge in [-0.2, -0.15) is 0 Å². The fraction of sp³-hybridized carbons (Fsp3) is 0.778. The Balaban J connectivity index is 4.45. The fourth-order valence-corrected chi connectivity index (χ4v) is 0.681. The van der Waals surface area contributed by atoms with Gasteiger partial charge in [0.1, 0.15) is 0 Å². The van der Waals surface area contributed by atoms with E-state index in [0.29, 0.717) is 0 Å². The summed E-state index contributed by atoms with van der Waals surface area (Å²) in [4.78, 5) is 22.1. The van der Waals surface area contributed by atoms with E-state index in [2.05, 4.69) is 5.32 Å². The van der Waals surface area contributed by atoms with Crippen LogP contribution in [0, 0.1) is 5.41 Å². The molecule has 0 aliphatic rings. The van der Waals surface area contributed by atoms with Gasteiger partial charge in [-0.25, -0.2) is 0 Å². The zero-order valence-corrected chi connectivity index (χ0v) is 9.18. The number of primary amides is 1. The summed E-state index contributed by atoms with van der Waals surface area (Å²) in [5.74, 6) is -0.840. The number of nitrogens with one attached hydrogen (secondary N) is 1. The number of carbonyl (C=O) groups excluding carboxylic acids is 2. The third-order valence-corrected chi connectivity index (χ3v) is 2.60. The number of carbonyl (C=O) groups is 2. The molecule has 0 aliphatic carbocycles. The molecule has 0 radical (unpaired) electrons. The van der Waals surface area contributed by atoms with Gasteiger partial charge in [-0.15, -0.1) is 0 Å². The van der Waals surface area contributed by atoms with Crippen molar-refractivity contribution in [2.45, 2.75) is 33.2 Å². The van der Waals surface area contributed by atoms with Crippen LogP contribution in [0.1, 0.15) is 27.7 Å². The smallest absolute Gasteiger partial charge is 0.236 e. The molecule has 0 fully saturated rings. The number of amides is 2. The van der Waals surface area contributed by atoms with Crippen molar-refractivity contribution in [3.05, 3.63) is 0 Å². The second-order valence-electron chi connectivity index (χ2n) is 4.50. The first-order valence-corrected chi connectivity index (χ1v) is 4.44. The number of rotatable bonds is 4. The molecule has 14 heavy (non-hydrogen) atoms. The van der Waals surface area contributed by atoms with Gasteiger partial charge in [0.25, 0.3) is 0 Å². The molecule has 5 nitrogen and oxygen atoms in total.